The molecule has 0 spiro atoms. The largest absolute Gasteiger partial charge is 0.339 e. The molecule has 0 N–H and O–H groups in total. The molecule has 0 aliphatic heterocycles. The van der Waals surface area contributed by atoms with Crippen molar-refractivity contribution in [1.29, 1.82) is 0 Å². The van der Waals surface area contributed by atoms with E-state index in [1.165, 1.54) is 5.56 Å². The zero-order valence-corrected chi connectivity index (χ0v) is 11.2. The van der Waals surface area contributed by atoms with Crippen molar-refractivity contribution in [2.45, 2.75) is 46.1 Å². The lowest BCUT2D eigenvalue weighted by atomic mass is 9.90. The van der Waals surface area contributed by atoms with Crippen LogP contribution in [0.15, 0.2) is 18.3 Å². The summed E-state index contributed by atoms with van der Waals surface area (Å²) in [6.07, 6.45) is 5.04. The number of nitrogens with zero attached hydrogens (tertiary/aromatic N) is 2. The number of aryl methyl sites for hydroxylation is 1. The predicted octanol–water partition coefficient (Wildman–Crippen LogP) is 2.96. The van der Waals surface area contributed by atoms with E-state index in [1.54, 1.807) is 6.92 Å². The molecule has 17 heavy (non-hydrogen) atoms. The van der Waals surface area contributed by atoms with Gasteiger partial charge in [-0.3, -0.25) is 9.78 Å². The third-order valence-corrected chi connectivity index (χ3v) is 3.14. The van der Waals surface area contributed by atoms with Crippen molar-refractivity contribution in [2.75, 3.05) is 7.05 Å². The second kappa shape index (κ2) is 6.38. The van der Waals surface area contributed by atoms with Crippen LogP contribution < -0.4 is 0 Å². The van der Waals surface area contributed by atoms with E-state index in [0.717, 1.165) is 25.0 Å². The van der Waals surface area contributed by atoms with E-state index in [-0.39, 0.29) is 11.9 Å². The zero-order chi connectivity index (χ0) is 12.8. The fourth-order valence-corrected chi connectivity index (χ4v) is 2.20. The van der Waals surface area contributed by atoms with Crippen LogP contribution in [0.5, 0.6) is 0 Å². The molecule has 0 bridgehead atoms. The minimum Gasteiger partial charge on any atom is -0.339 e. The second-order valence-electron chi connectivity index (χ2n) is 4.08. The van der Waals surface area contributed by atoms with Gasteiger partial charge in [0.25, 0.3) is 0 Å². The van der Waals surface area contributed by atoms with Gasteiger partial charge >= 0.3 is 0 Å². The molecular formula is C14H22N2O. The molecule has 3 heteroatoms. The maximum Gasteiger partial charge on any atom is 0.219 e. The van der Waals surface area contributed by atoms with Crippen molar-refractivity contribution in [3.05, 3.63) is 29.6 Å². The quantitative estimate of drug-likeness (QED) is 0.748. The number of pyridine rings is 1. The molecule has 94 valence electrons. The average molecular weight is 234 g/mol. The van der Waals surface area contributed by atoms with E-state index in [0.29, 0.717) is 0 Å². The first kappa shape index (κ1) is 13.7. The number of aromatic nitrogens is 1. The molecule has 1 aromatic heterocycles. The summed E-state index contributed by atoms with van der Waals surface area (Å²) in [4.78, 5) is 17.6. The monoisotopic (exact) mass is 234 g/mol. The van der Waals surface area contributed by atoms with Crippen LogP contribution in [0, 0.1) is 0 Å². The topological polar surface area (TPSA) is 33.2 Å². The summed E-state index contributed by atoms with van der Waals surface area (Å²) in [6.45, 7) is 5.62. The molecule has 3 nitrogen and oxygen atoms in total. The fourth-order valence-electron chi connectivity index (χ4n) is 2.20. The van der Waals surface area contributed by atoms with Crippen LogP contribution in [0.2, 0.25) is 0 Å². The lowest BCUT2D eigenvalue weighted by Gasteiger charge is -2.31. The van der Waals surface area contributed by atoms with Gasteiger partial charge in [0.15, 0.2) is 0 Å². The molecule has 1 unspecified atom stereocenters. The van der Waals surface area contributed by atoms with Gasteiger partial charge in [0.1, 0.15) is 0 Å². The number of fused-ring (bicyclic) bond motifs is 1. The summed E-state index contributed by atoms with van der Waals surface area (Å²) in [7, 11) is 1.87. The van der Waals surface area contributed by atoms with Gasteiger partial charge in [0.2, 0.25) is 5.91 Å². The summed E-state index contributed by atoms with van der Waals surface area (Å²) >= 11 is 0. The molecule has 0 aromatic carbocycles. The van der Waals surface area contributed by atoms with Crippen LogP contribution in [0.3, 0.4) is 0 Å². The highest BCUT2D eigenvalue weighted by atomic mass is 16.2. The number of carbonyl (C=O) groups excluding carboxylic acids is 1. The molecule has 0 fully saturated rings. The molecule has 1 atom stereocenters. The van der Waals surface area contributed by atoms with Crippen LogP contribution in [0.1, 0.15) is 50.9 Å². The Morgan fingerprint density at radius 1 is 1.47 bits per heavy atom. The Hall–Kier alpha value is -1.38. The lowest BCUT2D eigenvalue weighted by molar-refractivity contribution is -0.130. The van der Waals surface area contributed by atoms with Gasteiger partial charge in [0.05, 0.1) is 6.04 Å². The molecule has 2 rings (SSSR count). The minimum absolute atomic E-state index is 0.122. The van der Waals surface area contributed by atoms with Gasteiger partial charge in [0, 0.05) is 25.9 Å². The molecule has 0 saturated heterocycles. The highest BCUT2D eigenvalue weighted by Crippen LogP contribution is 2.32. The van der Waals surface area contributed by atoms with Crippen molar-refractivity contribution in [3.8, 4) is 0 Å². The van der Waals surface area contributed by atoms with E-state index < -0.39 is 0 Å². The summed E-state index contributed by atoms with van der Waals surface area (Å²) < 4.78 is 0. The van der Waals surface area contributed by atoms with Crippen molar-refractivity contribution >= 4 is 5.91 Å². The molecule has 1 amide bonds. The van der Waals surface area contributed by atoms with Crippen LogP contribution >= 0.6 is 0 Å². The maximum absolute atomic E-state index is 11.4. The number of carbonyl (C=O) groups is 1. The van der Waals surface area contributed by atoms with Crippen LogP contribution in [-0.4, -0.2) is 22.8 Å². The number of rotatable bonds is 1. The molecule has 1 heterocycles. The molecule has 1 aromatic rings. The second-order valence-corrected chi connectivity index (χ2v) is 4.08. The molecule has 0 saturated carbocycles. The summed E-state index contributed by atoms with van der Waals surface area (Å²) in [5.74, 6) is 0.122. The minimum atomic E-state index is 0.122. The normalized spacial score (nSPS) is 17.5. The first-order valence-corrected chi connectivity index (χ1v) is 6.37. The van der Waals surface area contributed by atoms with Gasteiger partial charge in [-0.15, -0.1) is 0 Å². The zero-order valence-electron chi connectivity index (χ0n) is 11.2. The summed E-state index contributed by atoms with van der Waals surface area (Å²) in [5.41, 5.74) is 2.38. The van der Waals surface area contributed by atoms with E-state index in [9.17, 15) is 4.79 Å². The summed E-state index contributed by atoms with van der Waals surface area (Å²) in [6, 6.07) is 4.26. The highest BCUT2D eigenvalue weighted by molar-refractivity contribution is 5.73. The molecular weight excluding hydrogens is 212 g/mol. The highest BCUT2D eigenvalue weighted by Gasteiger charge is 2.25. The van der Waals surface area contributed by atoms with Gasteiger partial charge in [-0.2, -0.15) is 0 Å². The van der Waals surface area contributed by atoms with Crippen molar-refractivity contribution in [1.82, 2.24) is 9.88 Å². The van der Waals surface area contributed by atoms with Crippen LogP contribution in [0.4, 0.5) is 0 Å². The Morgan fingerprint density at radius 3 is 2.82 bits per heavy atom. The number of hydrogen-bond donors (Lipinski definition) is 0. The third-order valence-electron chi connectivity index (χ3n) is 3.14. The van der Waals surface area contributed by atoms with E-state index in [4.69, 9.17) is 0 Å². The Kier molecular flexibility index (Phi) is 5.13. The van der Waals surface area contributed by atoms with Gasteiger partial charge < -0.3 is 4.90 Å². The first-order chi connectivity index (χ1) is 8.20. The van der Waals surface area contributed by atoms with Crippen molar-refractivity contribution < 1.29 is 4.79 Å². The smallest absolute Gasteiger partial charge is 0.219 e. The maximum atomic E-state index is 11.4. The molecule has 1 aliphatic carbocycles. The van der Waals surface area contributed by atoms with E-state index >= 15 is 0 Å². The standard InChI is InChI=1S/C12H16N2O.C2H6/c1-9(15)14(2)12-7-3-6-11-10(12)5-4-8-13-11;1-2/h4-5,8,12H,3,6-7H2,1-2H3;1-2H3. The number of hydrogen-bond acceptors (Lipinski definition) is 2. The summed E-state index contributed by atoms with van der Waals surface area (Å²) in [5, 5.41) is 0. The molecule has 0 radical (unpaired) electrons. The Balaban J connectivity index is 0.000000686. The average Bonchev–Trinajstić information content (AvgIpc) is 2.39. The predicted molar refractivity (Wildman–Crippen MR) is 69.7 cm³/mol. The van der Waals surface area contributed by atoms with Crippen LogP contribution in [-0.2, 0) is 11.2 Å². The fraction of sp³-hybridized carbons (Fsp3) is 0.571. The van der Waals surface area contributed by atoms with Crippen LogP contribution in [0.25, 0.3) is 0 Å². The first-order valence-electron chi connectivity index (χ1n) is 6.37. The van der Waals surface area contributed by atoms with E-state index in [2.05, 4.69) is 11.1 Å². The lowest BCUT2D eigenvalue weighted by Crippen LogP contribution is -2.31. The van der Waals surface area contributed by atoms with E-state index in [1.807, 2.05) is 38.1 Å². The molecule has 1 aliphatic rings. The SMILES string of the molecule is CC.CC(=O)N(C)C1CCCc2ncccc21. The van der Waals surface area contributed by atoms with Gasteiger partial charge in [-0.1, -0.05) is 19.9 Å². The Morgan fingerprint density at radius 2 is 2.18 bits per heavy atom. The Bertz CT molecular complexity index is 376. The third kappa shape index (κ3) is 3.05. The van der Waals surface area contributed by atoms with Crippen molar-refractivity contribution in [2.24, 2.45) is 0 Å². The number of amides is 1. The van der Waals surface area contributed by atoms with Gasteiger partial charge in [-0.05, 0) is 30.9 Å². The Labute approximate surface area is 104 Å². The van der Waals surface area contributed by atoms with Gasteiger partial charge in [-0.25, -0.2) is 0 Å². The van der Waals surface area contributed by atoms with Crippen molar-refractivity contribution in [3.63, 3.8) is 0 Å².